The molecule has 33 heavy (non-hydrogen) atoms. The zero-order valence-electron chi connectivity index (χ0n) is 19.9. The third kappa shape index (κ3) is 4.77. The molecule has 0 radical (unpaired) electrons. The number of aryl methyl sites for hydroxylation is 1. The Labute approximate surface area is 196 Å². The number of amides is 3. The van der Waals surface area contributed by atoms with E-state index in [9.17, 15) is 14.4 Å². The van der Waals surface area contributed by atoms with E-state index in [-0.39, 0.29) is 23.8 Å². The minimum absolute atomic E-state index is 0.0286. The van der Waals surface area contributed by atoms with Crippen molar-refractivity contribution < 1.29 is 14.4 Å². The third-order valence-corrected chi connectivity index (χ3v) is 7.59. The summed E-state index contributed by atoms with van der Waals surface area (Å²) >= 11 is 0. The van der Waals surface area contributed by atoms with Crippen LogP contribution in [0.5, 0.6) is 0 Å². The summed E-state index contributed by atoms with van der Waals surface area (Å²) in [6.45, 7) is 4.50. The Hall–Kier alpha value is -2.45. The topological polar surface area (TPSA) is 103 Å². The van der Waals surface area contributed by atoms with E-state index in [0.717, 1.165) is 32.2 Å². The molecule has 3 amide bonds. The van der Waals surface area contributed by atoms with Crippen LogP contribution in [0.15, 0.2) is 24.3 Å². The molecule has 4 rings (SSSR count). The number of carbonyl (C=O) groups is 3. The number of carbonyl (C=O) groups excluding carboxylic acids is 3. The third-order valence-electron chi connectivity index (χ3n) is 7.59. The fourth-order valence-electron chi connectivity index (χ4n) is 5.52. The van der Waals surface area contributed by atoms with Crippen molar-refractivity contribution in [3.05, 3.63) is 35.4 Å². The molecule has 2 aliphatic heterocycles. The molecule has 2 saturated heterocycles. The van der Waals surface area contributed by atoms with Crippen molar-refractivity contribution in [3.8, 4) is 0 Å². The van der Waals surface area contributed by atoms with Crippen LogP contribution in [0, 0.1) is 0 Å². The molecule has 3 aliphatic rings. The molecular weight excluding hydrogens is 418 g/mol. The van der Waals surface area contributed by atoms with Crippen LogP contribution < -0.4 is 21.3 Å². The normalized spacial score (nSPS) is 30.5. The van der Waals surface area contributed by atoms with E-state index in [4.69, 9.17) is 0 Å². The summed E-state index contributed by atoms with van der Waals surface area (Å²) in [5.41, 5.74) is 1.87. The van der Waals surface area contributed by atoms with E-state index in [1.165, 1.54) is 11.1 Å². The van der Waals surface area contributed by atoms with Gasteiger partial charge in [0.05, 0.1) is 17.7 Å². The minimum Gasteiger partial charge on any atom is -0.347 e. The van der Waals surface area contributed by atoms with Crippen LogP contribution in [-0.4, -0.2) is 60.0 Å². The van der Waals surface area contributed by atoms with Crippen molar-refractivity contribution in [2.24, 2.45) is 0 Å². The molecule has 0 bridgehead atoms. The van der Waals surface area contributed by atoms with Gasteiger partial charge in [0.1, 0.15) is 12.1 Å². The number of rotatable bonds is 5. The van der Waals surface area contributed by atoms with Crippen LogP contribution in [-0.2, 0) is 20.8 Å². The van der Waals surface area contributed by atoms with E-state index in [0.29, 0.717) is 19.3 Å². The fourth-order valence-corrected chi connectivity index (χ4v) is 5.52. The first kappa shape index (κ1) is 23.7. The van der Waals surface area contributed by atoms with Gasteiger partial charge in [0, 0.05) is 0 Å². The van der Waals surface area contributed by atoms with E-state index in [1.54, 1.807) is 18.9 Å². The van der Waals surface area contributed by atoms with Gasteiger partial charge in [0.25, 0.3) is 0 Å². The molecule has 2 fully saturated rings. The second-order valence-electron chi connectivity index (χ2n) is 9.83. The standard InChI is InChI=1S/C25H37N5O3/c1-16(26-3)22(31)29-20-12-7-15-27-25(2)14-13-21(30(25)24(20)33)23(32)28-19-11-6-9-17-8-4-5-10-18(17)19/h4-5,8,10,16,19-21,26-27H,6-7,9,11-15H2,1-3H3,(H,28,32)(H,29,31)/t16-,19+,20-,21?,25?/m0/s1. The van der Waals surface area contributed by atoms with E-state index < -0.39 is 23.8 Å². The van der Waals surface area contributed by atoms with Gasteiger partial charge in [-0.1, -0.05) is 24.3 Å². The monoisotopic (exact) mass is 455 g/mol. The highest BCUT2D eigenvalue weighted by Gasteiger charge is 2.51. The first-order valence-electron chi connectivity index (χ1n) is 12.3. The molecule has 0 aromatic heterocycles. The summed E-state index contributed by atoms with van der Waals surface area (Å²) in [7, 11) is 1.72. The van der Waals surface area contributed by atoms with E-state index in [1.807, 2.05) is 19.1 Å². The van der Waals surface area contributed by atoms with Gasteiger partial charge in [-0.15, -0.1) is 0 Å². The molecule has 2 heterocycles. The molecular formula is C25H37N5O3. The van der Waals surface area contributed by atoms with Crippen LogP contribution in [0.4, 0.5) is 0 Å². The lowest BCUT2D eigenvalue weighted by molar-refractivity contribution is -0.148. The molecule has 0 saturated carbocycles. The second kappa shape index (κ2) is 9.81. The van der Waals surface area contributed by atoms with Gasteiger partial charge in [-0.2, -0.15) is 0 Å². The smallest absolute Gasteiger partial charge is 0.247 e. The zero-order chi connectivity index (χ0) is 23.6. The molecule has 2 unspecified atom stereocenters. The van der Waals surface area contributed by atoms with Crippen molar-refractivity contribution in [1.82, 2.24) is 26.2 Å². The molecule has 8 heteroatoms. The predicted molar refractivity (Wildman–Crippen MR) is 126 cm³/mol. The number of fused-ring (bicyclic) bond motifs is 2. The Bertz CT molecular complexity index is 906. The van der Waals surface area contributed by atoms with Crippen molar-refractivity contribution in [2.45, 2.75) is 88.6 Å². The number of nitrogens with zero attached hydrogens (tertiary/aromatic N) is 1. The molecule has 0 spiro atoms. The van der Waals surface area contributed by atoms with Crippen molar-refractivity contribution in [3.63, 3.8) is 0 Å². The molecule has 1 aliphatic carbocycles. The van der Waals surface area contributed by atoms with Crippen LogP contribution in [0.25, 0.3) is 0 Å². The van der Waals surface area contributed by atoms with Crippen LogP contribution in [0.3, 0.4) is 0 Å². The Morgan fingerprint density at radius 3 is 2.67 bits per heavy atom. The maximum Gasteiger partial charge on any atom is 0.247 e. The summed E-state index contributed by atoms with van der Waals surface area (Å²) in [6, 6.07) is 6.68. The Morgan fingerprint density at radius 1 is 1.12 bits per heavy atom. The summed E-state index contributed by atoms with van der Waals surface area (Å²) in [6.07, 6.45) is 5.60. The van der Waals surface area contributed by atoms with Gasteiger partial charge in [-0.25, -0.2) is 0 Å². The predicted octanol–water partition coefficient (Wildman–Crippen LogP) is 1.36. The van der Waals surface area contributed by atoms with Gasteiger partial charge in [0.2, 0.25) is 17.7 Å². The van der Waals surface area contributed by atoms with Crippen molar-refractivity contribution >= 4 is 17.7 Å². The lowest BCUT2D eigenvalue weighted by atomic mass is 9.87. The second-order valence-corrected chi connectivity index (χ2v) is 9.83. The van der Waals surface area contributed by atoms with Gasteiger partial charge in [-0.3, -0.25) is 19.7 Å². The summed E-state index contributed by atoms with van der Waals surface area (Å²) in [5, 5.41) is 12.6. The average molecular weight is 456 g/mol. The average Bonchev–Trinajstić information content (AvgIpc) is 3.16. The summed E-state index contributed by atoms with van der Waals surface area (Å²) < 4.78 is 0. The molecule has 4 N–H and O–H groups in total. The number of hydrogen-bond acceptors (Lipinski definition) is 5. The van der Waals surface area contributed by atoms with Crippen LogP contribution >= 0.6 is 0 Å². The Balaban J connectivity index is 1.53. The maximum atomic E-state index is 13.7. The molecule has 180 valence electrons. The summed E-state index contributed by atoms with van der Waals surface area (Å²) in [5.74, 6) is -0.488. The SMILES string of the molecule is CN[C@@H](C)C(=O)N[C@H]1CCCNC2(C)CCC(C(=O)N[C@@H]3CCCc4ccccc43)N2C1=O. The van der Waals surface area contributed by atoms with Crippen LogP contribution in [0.1, 0.15) is 69.5 Å². The summed E-state index contributed by atoms with van der Waals surface area (Å²) in [4.78, 5) is 41.5. The van der Waals surface area contributed by atoms with Gasteiger partial charge in [-0.05, 0) is 83.5 Å². The number of hydrogen-bond donors (Lipinski definition) is 4. The lowest BCUT2D eigenvalue weighted by Crippen LogP contribution is -2.65. The molecule has 1 aromatic carbocycles. The largest absolute Gasteiger partial charge is 0.347 e. The molecule has 8 nitrogen and oxygen atoms in total. The van der Waals surface area contributed by atoms with Gasteiger partial charge in [0.15, 0.2) is 0 Å². The Kier molecular flexibility index (Phi) is 7.05. The van der Waals surface area contributed by atoms with Crippen molar-refractivity contribution in [2.75, 3.05) is 13.6 Å². The highest BCUT2D eigenvalue weighted by molar-refractivity contribution is 5.94. The molecule has 5 atom stereocenters. The Morgan fingerprint density at radius 2 is 1.88 bits per heavy atom. The highest BCUT2D eigenvalue weighted by Crippen LogP contribution is 2.35. The van der Waals surface area contributed by atoms with Crippen molar-refractivity contribution in [1.29, 1.82) is 0 Å². The number of likely N-dealkylation sites (N-methyl/N-ethyl adjacent to an activating group) is 1. The number of benzene rings is 1. The zero-order valence-corrected chi connectivity index (χ0v) is 19.9. The first-order valence-corrected chi connectivity index (χ1v) is 12.3. The van der Waals surface area contributed by atoms with E-state index >= 15 is 0 Å². The fraction of sp³-hybridized carbons (Fsp3) is 0.640. The van der Waals surface area contributed by atoms with E-state index in [2.05, 4.69) is 33.4 Å². The quantitative estimate of drug-likeness (QED) is 0.537. The first-order chi connectivity index (χ1) is 15.8. The lowest BCUT2D eigenvalue weighted by Gasteiger charge is -2.43. The van der Waals surface area contributed by atoms with Gasteiger partial charge < -0.3 is 20.9 Å². The maximum absolute atomic E-state index is 13.7. The highest BCUT2D eigenvalue weighted by atomic mass is 16.2. The molecule has 1 aromatic rings. The number of nitrogens with one attached hydrogen (secondary N) is 4. The minimum atomic E-state index is -0.626. The van der Waals surface area contributed by atoms with Crippen LogP contribution in [0.2, 0.25) is 0 Å². The van der Waals surface area contributed by atoms with Gasteiger partial charge >= 0.3 is 0 Å².